The number of aliphatic carboxylic acids is 1. The number of hydrogen-bond donors (Lipinski definition) is 3. The van der Waals surface area contributed by atoms with Crippen LogP contribution in [0.15, 0.2) is 24.3 Å². The van der Waals surface area contributed by atoms with Gasteiger partial charge in [-0.1, -0.05) is 6.07 Å². The number of amides is 2. The van der Waals surface area contributed by atoms with E-state index in [-0.39, 0.29) is 12.1 Å². The summed E-state index contributed by atoms with van der Waals surface area (Å²) in [6, 6.07) is 6.14. The third-order valence-corrected chi connectivity index (χ3v) is 2.46. The quantitative estimate of drug-likeness (QED) is 0.678. The molecule has 1 atom stereocenters. The molecule has 116 valence electrons. The molecule has 0 fully saturated rings. The smallest absolute Gasteiger partial charge is 0.341 e. The van der Waals surface area contributed by atoms with Crippen molar-refractivity contribution in [3.63, 3.8) is 0 Å². The highest BCUT2D eigenvalue weighted by atomic mass is 16.5. The highest BCUT2D eigenvalue weighted by Crippen LogP contribution is 2.17. The van der Waals surface area contributed by atoms with Crippen molar-refractivity contribution in [2.24, 2.45) is 0 Å². The Balaban J connectivity index is 2.44. The first kappa shape index (κ1) is 16.8. The van der Waals surface area contributed by atoms with Crippen LogP contribution in [0.25, 0.3) is 0 Å². The van der Waals surface area contributed by atoms with Crippen molar-refractivity contribution < 1.29 is 24.2 Å². The molecule has 1 aromatic rings. The van der Waals surface area contributed by atoms with Gasteiger partial charge in [0.05, 0.1) is 6.10 Å². The van der Waals surface area contributed by atoms with Gasteiger partial charge in [-0.25, -0.2) is 9.59 Å². The van der Waals surface area contributed by atoms with E-state index in [0.717, 1.165) is 0 Å². The molecular formula is C14H20N2O5. The molecule has 0 saturated heterocycles. The number of hydrogen-bond acceptors (Lipinski definition) is 4. The minimum absolute atomic E-state index is 0.0639. The van der Waals surface area contributed by atoms with Gasteiger partial charge in [0, 0.05) is 24.9 Å². The molecule has 0 radical (unpaired) electrons. The Hall–Kier alpha value is -2.28. The Morgan fingerprint density at radius 3 is 2.81 bits per heavy atom. The number of urea groups is 1. The minimum Gasteiger partial charge on any atom is -0.482 e. The van der Waals surface area contributed by atoms with E-state index in [1.54, 1.807) is 24.3 Å². The molecule has 1 aromatic carbocycles. The van der Waals surface area contributed by atoms with Gasteiger partial charge in [-0.3, -0.25) is 0 Å². The largest absolute Gasteiger partial charge is 0.482 e. The maximum Gasteiger partial charge on any atom is 0.341 e. The molecule has 2 amide bonds. The van der Waals surface area contributed by atoms with Crippen LogP contribution >= 0.6 is 0 Å². The molecule has 1 unspecified atom stereocenters. The number of carbonyl (C=O) groups is 2. The van der Waals surface area contributed by atoms with E-state index in [2.05, 4.69) is 10.6 Å². The first-order chi connectivity index (χ1) is 10.0. The summed E-state index contributed by atoms with van der Waals surface area (Å²) < 4.78 is 10.3. The minimum atomic E-state index is -1.06. The number of ether oxygens (including phenoxy) is 2. The van der Waals surface area contributed by atoms with E-state index in [1.807, 2.05) is 13.8 Å². The second-order valence-electron chi connectivity index (χ2n) is 4.31. The third-order valence-electron chi connectivity index (χ3n) is 2.46. The third kappa shape index (κ3) is 7.17. The van der Waals surface area contributed by atoms with Gasteiger partial charge in [0.2, 0.25) is 0 Å². The molecule has 1 rings (SSSR count). The Morgan fingerprint density at radius 1 is 1.38 bits per heavy atom. The zero-order chi connectivity index (χ0) is 15.7. The Kier molecular flexibility index (Phi) is 7.03. The SMILES string of the molecule is CCOC(C)CNC(=O)Nc1cccc(OCC(=O)O)c1. The van der Waals surface area contributed by atoms with Crippen LogP contribution < -0.4 is 15.4 Å². The van der Waals surface area contributed by atoms with Crippen molar-refractivity contribution >= 4 is 17.7 Å². The lowest BCUT2D eigenvalue weighted by molar-refractivity contribution is -0.139. The molecule has 0 heterocycles. The molecular weight excluding hydrogens is 276 g/mol. The van der Waals surface area contributed by atoms with Gasteiger partial charge in [0.15, 0.2) is 6.61 Å². The zero-order valence-electron chi connectivity index (χ0n) is 12.1. The summed E-state index contributed by atoms with van der Waals surface area (Å²) in [4.78, 5) is 22.1. The number of carbonyl (C=O) groups excluding carboxylic acids is 1. The standard InChI is InChI=1S/C14H20N2O5/c1-3-20-10(2)8-15-14(19)16-11-5-4-6-12(7-11)21-9-13(17)18/h4-7,10H,3,8-9H2,1-2H3,(H,17,18)(H2,15,16,19). The van der Waals surface area contributed by atoms with Gasteiger partial charge in [0.25, 0.3) is 0 Å². The van der Waals surface area contributed by atoms with Gasteiger partial charge >= 0.3 is 12.0 Å². The maximum absolute atomic E-state index is 11.7. The summed E-state index contributed by atoms with van der Waals surface area (Å²) in [5.41, 5.74) is 0.513. The van der Waals surface area contributed by atoms with Crippen molar-refractivity contribution in [2.75, 3.05) is 25.1 Å². The lowest BCUT2D eigenvalue weighted by Gasteiger charge is -2.13. The van der Waals surface area contributed by atoms with Crippen molar-refractivity contribution in [1.82, 2.24) is 5.32 Å². The van der Waals surface area contributed by atoms with E-state index in [1.165, 1.54) is 0 Å². The number of carboxylic acid groups (broad SMARTS) is 1. The molecule has 0 aromatic heterocycles. The van der Waals surface area contributed by atoms with Crippen LogP contribution in [0.4, 0.5) is 10.5 Å². The number of rotatable bonds is 8. The Morgan fingerprint density at radius 2 is 2.14 bits per heavy atom. The molecule has 0 aliphatic heterocycles. The van der Waals surface area contributed by atoms with Gasteiger partial charge in [-0.2, -0.15) is 0 Å². The molecule has 0 spiro atoms. The lowest BCUT2D eigenvalue weighted by atomic mass is 10.3. The Labute approximate surface area is 123 Å². The number of carboxylic acids is 1. The fraction of sp³-hybridized carbons (Fsp3) is 0.429. The van der Waals surface area contributed by atoms with Gasteiger partial charge in [-0.15, -0.1) is 0 Å². The van der Waals surface area contributed by atoms with Crippen LogP contribution in [0, 0.1) is 0 Å². The fourth-order valence-corrected chi connectivity index (χ4v) is 1.56. The van der Waals surface area contributed by atoms with Gasteiger partial charge in [0.1, 0.15) is 5.75 Å². The van der Waals surface area contributed by atoms with Crippen LogP contribution in [-0.4, -0.2) is 43.0 Å². The second kappa shape index (κ2) is 8.80. The van der Waals surface area contributed by atoms with E-state index < -0.39 is 12.6 Å². The van der Waals surface area contributed by atoms with Crippen molar-refractivity contribution in [1.29, 1.82) is 0 Å². The summed E-state index contributed by atoms with van der Waals surface area (Å²) in [5, 5.41) is 13.8. The van der Waals surface area contributed by atoms with Crippen molar-refractivity contribution in [3.8, 4) is 5.75 Å². The molecule has 7 heteroatoms. The van der Waals surface area contributed by atoms with Crippen LogP contribution in [0.5, 0.6) is 5.75 Å². The average Bonchev–Trinajstić information content (AvgIpc) is 2.44. The summed E-state index contributed by atoms with van der Waals surface area (Å²) >= 11 is 0. The van der Waals surface area contributed by atoms with Crippen LogP contribution in [0.2, 0.25) is 0 Å². The first-order valence-electron chi connectivity index (χ1n) is 6.62. The highest BCUT2D eigenvalue weighted by Gasteiger charge is 2.06. The van der Waals surface area contributed by atoms with E-state index in [4.69, 9.17) is 14.6 Å². The maximum atomic E-state index is 11.7. The summed E-state index contributed by atoms with van der Waals surface area (Å²) in [6.45, 7) is 4.31. The topological polar surface area (TPSA) is 96.9 Å². The van der Waals surface area contributed by atoms with Crippen LogP contribution in [0.3, 0.4) is 0 Å². The Bertz CT molecular complexity index is 478. The summed E-state index contributed by atoms with van der Waals surface area (Å²) in [7, 11) is 0. The fourth-order valence-electron chi connectivity index (χ4n) is 1.56. The molecule has 0 bridgehead atoms. The molecule has 7 nitrogen and oxygen atoms in total. The van der Waals surface area contributed by atoms with E-state index in [0.29, 0.717) is 24.6 Å². The van der Waals surface area contributed by atoms with E-state index >= 15 is 0 Å². The molecule has 0 saturated carbocycles. The summed E-state index contributed by atoms with van der Waals surface area (Å²) in [6.07, 6.45) is -0.0639. The molecule has 21 heavy (non-hydrogen) atoms. The number of benzene rings is 1. The second-order valence-corrected chi connectivity index (χ2v) is 4.31. The average molecular weight is 296 g/mol. The van der Waals surface area contributed by atoms with Crippen molar-refractivity contribution in [2.45, 2.75) is 20.0 Å². The molecule has 0 aliphatic rings. The van der Waals surface area contributed by atoms with Crippen LogP contribution in [0.1, 0.15) is 13.8 Å². The first-order valence-corrected chi connectivity index (χ1v) is 6.62. The summed E-state index contributed by atoms with van der Waals surface area (Å²) in [5.74, 6) is -0.686. The predicted molar refractivity (Wildman–Crippen MR) is 77.7 cm³/mol. The van der Waals surface area contributed by atoms with E-state index in [9.17, 15) is 9.59 Å². The zero-order valence-corrected chi connectivity index (χ0v) is 12.1. The molecule has 0 aliphatic carbocycles. The number of nitrogens with one attached hydrogen (secondary N) is 2. The predicted octanol–water partition coefficient (Wildman–Crippen LogP) is 1.70. The van der Waals surface area contributed by atoms with Crippen molar-refractivity contribution in [3.05, 3.63) is 24.3 Å². The van der Waals surface area contributed by atoms with Gasteiger partial charge in [-0.05, 0) is 26.0 Å². The normalized spacial score (nSPS) is 11.5. The molecule has 3 N–H and O–H groups in total. The van der Waals surface area contributed by atoms with Crippen LogP contribution in [-0.2, 0) is 9.53 Å². The highest BCUT2D eigenvalue weighted by molar-refractivity contribution is 5.89. The lowest BCUT2D eigenvalue weighted by Crippen LogP contribution is -2.35. The number of anilines is 1. The monoisotopic (exact) mass is 296 g/mol. The van der Waals surface area contributed by atoms with Gasteiger partial charge < -0.3 is 25.2 Å².